The molecule has 0 unspecified atom stereocenters. The van der Waals surface area contributed by atoms with Gasteiger partial charge in [0.15, 0.2) is 23.0 Å². The molecule has 0 fully saturated rings. The van der Waals surface area contributed by atoms with Crippen LogP contribution < -0.4 is 9.47 Å². The minimum Gasteiger partial charge on any atom is -0.504 e. The van der Waals surface area contributed by atoms with Crippen LogP contribution in [-0.2, 0) is 22.4 Å². The van der Waals surface area contributed by atoms with Crippen LogP contribution in [0.25, 0.3) is 0 Å². The van der Waals surface area contributed by atoms with Crippen molar-refractivity contribution in [3.05, 3.63) is 47.5 Å². The maximum Gasteiger partial charge on any atom is 0.303 e. The summed E-state index contributed by atoms with van der Waals surface area (Å²) in [4.78, 5) is 20.6. The second-order valence-corrected chi connectivity index (χ2v) is 5.80. The lowest BCUT2D eigenvalue weighted by atomic mass is 10.1. The van der Waals surface area contributed by atoms with Crippen LogP contribution >= 0.6 is 0 Å². The minimum absolute atomic E-state index is 0.0616. The van der Waals surface area contributed by atoms with Gasteiger partial charge in [0, 0.05) is 12.8 Å². The molecule has 4 N–H and O–H groups in total. The average Bonchev–Trinajstić information content (AvgIpc) is 2.67. The second kappa shape index (κ2) is 11.3. The Balaban J connectivity index is 0.000000280. The van der Waals surface area contributed by atoms with Crippen molar-refractivity contribution in [1.82, 2.24) is 0 Å². The summed E-state index contributed by atoms with van der Waals surface area (Å²) in [5.74, 6) is -0.812. The fraction of sp³-hybridized carbons (Fsp3) is 0.300. The van der Waals surface area contributed by atoms with E-state index in [2.05, 4.69) is 0 Å². The predicted molar refractivity (Wildman–Crippen MR) is 101 cm³/mol. The third-order valence-corrected chi connectivity index (χ3v) is 3.74. The lowest BCUT2D eigenvalue weighted by molar-refractivity contribution is -0.138. The Morgan fingerprint density at radius 1 is 0.750 bits per heavy atom. The third-order valence-electron chi connectivity index (χ3n) is 3.74. The van der Waals surface area contributed by atoms with Crippen molar-refractivity contribution in [1.29, 1.82) is 0 Å². The van der Waals surface area contributed by atoms with E-state index in [1.165, 1.54) is 26.4 Å². The van der Waals surface area contributed by atoms with E-state index in [0.29, 0.717) is 24.3 Å². The molecule has 0 saturated carbocycles. The van der Waals surface area contributed by atoms with Gasteiger partial charge in [0.2, 0.25) is 0 Å². The molecule has 0 bridgehead atoms. The molecule has 0 aromatic heterocycles. The molecule has 2 aromatic rings. The van der Waals surface area contributed by atoms with Crippen molar-refractivity contribution in [3.63, 3.8) is 0 Å². The van der Waals surface area contributed by atoms with E-state index >= 15 is 0 Å². The average molecular weight is 392 g/mol. The summed E-state index contributed by atoms with van der Waals surface area (Å²) in [6.45, 7) is 0. The number of ether oxygens (including phenoxy) is 2. The summed E-state index contributed by atoms with van der Waals surface area (Å²) in [6, 6.07) is 9.63. The first kappa shape index (κ1) is 22.6. The quantitative estimate of drug-likeness (QED) is 0.539. The first-order valence-corrected chi connectivity index (χ1v) is 8.42. The third kappa shape index (κ3) is 7.86. The van der Waals surface area contributed by atoms with Crippen LogP contribution in [-0.4, -0.2) is 46.6 Å². The molecule has 0 spiro atoms. The van der Waals surface area contributed by atoms with Crippen molar-refractivity contribution in [3.8, 4) is 23.0 Å². The van der Waals surface area contributed by atoms with E-state index in [1.54, 1.807) is 24.3 Å². The van der Waals surface area contributed by atoms with Crippen molar-refractivity contribution >= 4 is 11.9 Å². The summed E-state index contributed by atoms with van der Waals surface area (Å²) >= 11 is 0. The highest BCUT2D eigenvalue weighted by Crippen LogP contribution is 2.27. The molecule has 28 heavy (non-hydrogen) atoms. The van der Waals surface area contributed by atoms with Crippen LogP contribution in [0.4, 0.5) is 0 Å². The molecule has 2 rings (SSSR count). The standard InChI is InChI=1S/2C10H12O4/c2*1-14-9-6-7(2-4-8(9)11)3-5-10(12)13/h2*2,4,6,11H,3,5H2,1H3,(H,12,13). The maximum atomic E-state index is 10.3. The first-order chi connectivity index (χ1) is 13.3. The molecule has 0 amide bonds. The number of methoxy groups -OCH3 is 2. The van der Waals surface area contributed by atoms with Crippen LogP contribution in [0.3, 0.4) is 0 Å². The molecule has 152 valence electrons. The number of carbonyl (C=O) groups is 2. The van der Waals surface area contributed by atoms with Gasteiger partial charge in [-0.1, -0.05) is 12.1 Å². The number of benzene rings is 2. The number of aryl methyl sites for hydroxylation is 2. The monoisotopic (exact) mass is 392 g/mol. The van der Waals surface area contributed by atoms with Gasteiger partial charge in [0.1, 0.15) is 0 Å². The second-order valence-electron chi connectivity index (χ2n) is 5.80. The molecule has 0 radical (unpaired) electrons. The van der Waals surface area contributed by atoms with Crippen molar-refractivity contribution in [2.45, 2.75) is 25.7 Å². The van der Waals surface area contributed by atoms with Gasteiger partial charge >= 0.3 is 11.9 Å². The van der Waals surface area contributed by atoms with E-state index in [9.17, 15) is 19.8 Å². The van der Waals surface area contributed by atoms with E-state index < -0.39 is 11.9 Å². The highest BCUT2D eigenvalue weighted by molar-refractivity contribution is 5.67. The molecular weight excluding hydrogens is 368 g/mol. The smallest absolute Gasteiger partial charge is 0.303 e. The number of aliphatic carboxylic acids is 2. The molecule has 0 saturated heterocycles. The Labute approximate surface area is 162 Å². The van der Waals surface area contributed by atoms with E-state index in [-0.39, 0.29) is 24.3 Å². The summed E-state index contributed by atoms with van der Waals surface area (Å²) in [7, 11) is 2.91. The topological polar surface area (TPSA) is 134 Å². The summed E-state index contributed by atoms with van der Waals surface area (Å²) in [5.41, 5.74) is 1.67. The van der Waals surface area contributed by atoms with Crippen molar-refractivity contribution in [2.75, 3.05) is 14.2 Å². The van der Waals surface area contributed by atoms with Gasteiger partial charge in [-0.2, -0.15) is 0 Å². The van der Waals surface area contributed by atoms with Gasteiger partial charge in [-0.25, -0.2) is 0 Å². The zero-order valence-corrected chi connectivity index (χ0v) is 15.7. The highest BCUT2D eigenvalue weighted by Gasteiger charge is 2.05. The summed E-state index contributed by atoms with van der Waals surface area (Å²) < 4.78 is 9.79. The number of carboxylic acid groups (broad SMARTS) is 2. The number of phenols is 2. The largest absolute Gasteiger partial charge is 0.504 e. The number of aromatic hydroxyl groups is 2. The molecular formula is C20H24O8. The molecule has 0 aliphatic carbocycles. The molecule has 0 aliphatic heterocycles. The van der Waals surface area contributed by atoms with Crippen molar-refractivity contribution in [2.24, 2.45) is 0 Å². The maximum absolute atomic E-state index is 10.3. The Hall–Kier alpha value is -3.42. The van der Waals surface area contributed by atoms with Crippen LogP contribution in [0.5, 0.6) is 23.0 Å². The van der Waals surface area contributed by atoms with Gasteiger partial charge in [0.05, 0.1) is 14.2 Å². The summed E-state index contributed by atoms with van der Waals surface area (Å²) in [5, 5.41) is 35.5. The Bertz CT molecular complexity index is 733. The SMILES string of the molecule is COc1cc(CCC(=O)O)ccc1O.COc1cc(CCC(=O)O)ccc1O. The zero-order valence-electron chi connectivity index (χ0n) is 15.7. The Kier molecular flexibility index (Phi) is 9.15. The van der Waals surface area contributed by atoms with Gasteiger partial charge in [-0.15, -0.1) is 0 Å². The Morgan fingerprint density at radius 3 is 1.39 bits per heavy atom. The van der Waals surface area contributed by atoms with Crippen LogP contribution in [0.2, 0.25) is 0 Å². The summed E-state index contributed by atoms with van der Waals surface area (Å²) in [6.07, 6.45) is 1.03. The molecule has 0 atom stereocenters. The van der Waals surface area contributed by atoms with Crippen LogP contribution in [0.15, 0.2) is 36.4 Å². The number of rotatable bonds is 8. The number of hydrogen-bond donors (Lipinski definition) is 4. The highest BCUT2D eigenvalue weighted by atomic mass is 16.5. The van der Waals surface area contributed by atoms with Crippen molar-refractivity contribution < 1.29 is 39.5 Å². The Morgan fingerprint density at radius 2 is 1.11 bits per heavy atom. The lowest BCUT2D eigenvalue weighted by Gasteiger charge is -2.05. The van der Waals surface area contributed by atoms with Gasteiger partial charge < -0.3 is 29.9 Å². The van der Waals surface area contributed by atoms with E-state index in [1.807, 2.05) is 0 Å². The molecule has 8 heteroatoms. The number of carboxylic acids is 2. The number of phenolic OH excluding ortho intramolecular Hbond substituents is 2. The van der Waals surface area contributed by atoms with E-state index in [4.69, 9.17) is 19.7 Å². The van der Waals surface area contributed by atoms with Crippen LogP contribution in [0, 0.1) is 0 Å². The van der Waals surface area contributed by atoms with E-state index in [0.717, 1.165) is 11.1 Å². The normalized spacial score (nSPS) is 9.79. The van der Waals surface area contributed by atoms with Gasteiger partial charge in [0.25, 0.3) is 0 Å². The van der Waals surface area contributed by atoms with Gasteiger partial charge in [-0.3, -0.25) is 9.59 Å². The van der Waals surface area contributed by atoms with Crippen LogP contribution in [0.1, 0.15) is 24.0 Å². The van der Waals surface area contributed by atoms with Gasteiger partial charge in [-0.05, 0) is 48.2 Å². The molecule has 8 nitrogen and oxygen atoms in total. The molecule has 0 aliphatic rings. The minimum atomic E-state index is -0.836. The molecule has 0 heterocycles. The fourth-order valence-electron chi connectivity index (χ4n) is 2.26. The first-order valence-electron chi connectivity index (χ1n) is 8.42. The fourth-order valence-corrected chi connectivity index (χ4v) is 2.26. The lowest BCUT2D eigenvalue weighted by Crippen LogP contribution is -1.97. The zero-order chi connectivity index (χ0) is 21.1. The predicted octanol–water partition coefficient (Wildman–Crippen LogP) is 2.84. The molecule has 2 aromatic carbocycles. The number of hydrogen-bond acceptors (Lipinski definition) is 6.